The highest BCUT2D eigenvalue weighted by Gasteiger charge is 2.62. The summed E-state index contributed by atoms with van der Waals surface area (Å²) in [6.07, 6.45) is 35.5. The standard InChI is InChI=1S/C30H38O7S.C24H34O7S.C14H23F2NO4S.C14H22O3S.C13H16F2O6S/c1-29(22-5-16-3-17(7-22)8-23(29)6-16)36-27(31)20-13-21(15-26(14-20)38(33,34)35)28(32)37-30(2)24-9-18-4-19(11-24)12-25(30)10-18;25-23(30-13-11-18-7-3-1-4-8-18)20-15-21(17-22(16-20)32(27,28)29)24(26)31-14-12-19-9-5-2-6-10-19;15-14(16,22(19,20)21)13(18)17(11-7-3-1-4-8-11)12-9-5-2-6-10-12;1-13(2,3)10-8-7-9-11(14(4,5)6)12(10)18(15,16)17;14-13(15,22(18,19)20)11(17)21-6-12-3-7-1-8(4-12)10(16)9(2-7)5-12/h13-19,22-25H,3-12H2,1-2H3,(H,33,34,35);15-19H,1-14H2,(H,27,28,29);11-12H,1-10H2,(H,19,20,21);7-9H,1-6H3,(H,15,16,17);7-9H,1-6H2,(H,18,19,20). The fraction of sp³-hybridized carbons (Fsp3) is 0.737. The maximum absolute atomic E-state index is 13.9. The first-order valence-corrected chi connectivity index (χ1v) is 54.5. The first kappa shape index (κ1) is 104. The van der Waals surface area contributed by atoms with Crippen LogP contribution in [-0.4, -0.2) is 165 Å². The van der Waals surface area contributed by atoms with Gasteiger partial charge in [0.1, 0.15) is 21.9 Å². The molecule has 3 aromatic rings. The van der Waals surface area contributed by atoms with Crippen LogP contribution in [-0.2, 0) is 99.5 Å². The van der Waals surface area contributed by atoms with E-state index in [1.54, 1.807) is 12.1 Å². The van der Waals surface area contributed by atoms with E-state index in [0.717, 1.165) is 170 Å². The molecular weight excluding hydrogens is 1820 g/mol. The molecular formula is C95H133F4NO27S5. The molecule has 0 aliphatic heterocycles. The van der Waals surface area contributed by atoms with Crippen molar-refractivity contribution in [2.24, 2.45) is 82.3 Å². The maximum Gasteiger partial charge on any atom is 0.465 e. The minimum absolute atomic E-state index is 0.0441. The Balaban J connectivity index is 0.000000153. The lowest BCUT2D eigenvalue weighted by molar-refractivity contribution is -0.173. The highest BCUT2D eigenvalue weighted by atomic mass is 32.2. The zero-order valence-corrected chi connectivity index (χ0v) is 80.9. The summed E-state index contributed by atoms with van der Waals surface area (Å²) in [6.45, 7) is 15.8. The van der Waals surface area contributed by atoms with Crippen LogP contribution >= 0.6 is 0 Å². The van der Waals surface area contributed by atoms with Gasteiger partial charge in [0, 0.05) is 29.3 Å². The maximum atomic E-state index is 13.9. The van der Waals surface area contributed by atoms with Gasteiger partial charge in [-0.15, -0.1) is 0 Å². The van der Waals surface area contributed by atoms with Gasteiger partial charge in [0.15, 0.2) is 0 Å². The lowest BCUT2D eigenvalue weighted by atomic mass is 9.49. The van der Waals surface area contributed by atoms with Gasteiger partial charge in [0.05, 0.1) is 51.9 Å². The van der Waals surface area contributed by atoms with Crippen LogP contribution in [0.1, 0.15) is 346 Å². The van der Waals surface area contributed by atoms with E-state index in [-0.39, 0.29) is 87.5 Å². The molecule has 738 valence electrons. The van der Waals surface area contributed by atoms with Gasteiger partial charge in [0.25, 0.3) is 30.4 Å². The van der Waals surface area contributed by atoms with Crippen molar-refractivity contribution in [3.05, 3.63) is 88.0 Å². The summed E-state index contributed by atoms with van der Waals surface area (Å²) < 4.78 is 242. The minimum Gasteiger partial charge on any atom is -0.462 e. The third-order valence-electron chi connectivity index (χ3n) is 31.3. The second-order valence-electron chi connectivity index (χ2n) is 42.8. The molecule has 5 N–H and O–H groups in total. The molecule has 28 nitrogen and oxygen atoms in total. The number of hydrogen-bond acceptors (Lipinski definition) is 22. The van der Waals surface area contributed by atoms with Crippen molar-refractivity contribution in [3.8, 4) is 0 Å². The van der Waals surface area contributed by atoms with E-state index in [4.69, 9.17) is 28.1 Å². The van der Waals surface area contributed by atoms with Gasteiger partial charge < -0.3 is 28.6 Å². The summed E-state index contributed by atoms with van der Waals surface area (Å²) in [7, 11) is -25.1. The van der Waals surface area contributed by atoms with Crippen LogP contribution in [0.25, 0.3) is 0 Å². The molecule has 0 spiro atoms. The van der Waals surface area contributed by atoms with Crippen LogP contribution in [0.3, 0.4) is 0 Å². The Morgan fingerprint density at radius 2 is 0.735 bits per heavy atom. The zero-order valence-electron chi connectivity index (χ0n) is 76.9. The van der Waals surface area contributed by atoms with Crippen molar-refractivity contribution in [2.75, 3.05) is 19.8 Å². The van der Waals surface area contributed by atoms with Crippen molar-refractivity contribution < 1.29 is 140 Å². The van der Waals surface area contributed by atoms with E-state index in [1.165, 1.54) is 63.5 Å². The van der Waals surface area contributed by atoms with Gasteiger partial charge in [-0.3, -0.25) is 32.4 Å². The highest BCUT2D eigenvalue weighted by Crippen LogP contribution is 2.63. The second-order valence-corrected chi connectivity index (χ2v) is 49.9. The van der Waals surface area contributed by atoms with Crippen molar-refractivity contribution in [1.29, 1.82) is 0 Å². The number of ether oxygens (including phenoxy) is 5. The number of Topliss-reactive ketones (excluding diaryl/α,β-unsaturated/α-hetero) is 1. The molecule has 16 aliphatic carbocycles. The number of halogens is 4. The average Bonchev–Trinajstić information content (AvgIpc) is 0.735. The van der Waals surface area contributed by atoms with Crippen LogP contribution in [0, 0.1) is 82.3 Å². The quantitative estimate of drug-likeness (QED) is 0.0255. The molecule has 1 amide bonds. The summed E-state index contributed by atoms with van der Waals surface area (Å²) in [6, 6.07) is 11.6. The lowest BCUT2D eigenvalue weighted by Crippen LogP contribution is -2.58. The summed E-state index contributed by atoms with van der Waals surface area (Å²) in [5, 5.41) is -9.73. The van der Waals surface area contributed by atoms with E-state index in [2.05, 4.69) is 4.74 Å². The van der Waals surface area contributed by atoms with E-state index in [1.807, 2.05) is 61.5 Å². The number of alkyl halides is 4. The number of rotatable bonds is 23. The van der Waals surface area contributed by atoms with Crippen LogP contribution in [0.15, 0.2) is 69.3 Å². The van der Waals surface area contributed by atoms with Crippen LogP contribution in [0.5, 0.6) is 0 Å². The summed E-state index contributed by atoms with van der Waals surface area (Å²) in [4.78, 5) is 87.7. The number of benzene rings is 3. The van der Waals surface area contributed by atoms with Gasteiger partial charge >= 0.3 is 66.5 Å². The molecule has 3 aromatic carbocycles. The number of ketones is 1. The number of nitrogens with zero attached hydrogens (tertiary/aromatic N) is 1. The first-order valence-electron chi connectivity index (χ1n) is 47.3. The Bertz CT molecular complexity index is 5070. The van der Waals surface area contributed by atoms with Gasteiger partial charge in [-0.25, -0.2) is 24.0 Å². The predicted octanol–water partition coefficient (Wildman–Crippen LogP) is 18.8. The molecule has 0 heterocycles. The van der Waals surface area contributed by atoms with Crippen molar-refractivity contribution in [1.82, 2.24) is 4.90 Å². The number of carbonyl (C=O) groups excluding carboxylic acids is 7. The number of esters is 5. The fourth-order valence-electron chi connectivity index (χ4n) is 24.9. The Labute approximate surface area is 774 Å². The average molecular weight is 1960 g/mol. The molecule has 0 saturated heterocycles. The summed E-state index contributed by atoms with van der Waals surface area (Å²) in [5.41, 5.74) is -1.38. The molecule has 132 heavy (non-hydrogen) atoms. The van der Waals surface area contributed by atoms with E-state index >= 15 is 0 Å². The Morgan fingerprint density at radius 1 is 0.409 bits per heavy atom. The second kappa shape index (κ2) is 40.8. The van der Waals surface area contributed by atoms with Gasteiger partial charge in [-0.05, 0) is 272 Å². The normalized spacial score (nSPS) is 29.0. The molecule has 2 atom stereocenters. The van der Waals surface area contributed by atoms with Crippen LogP contribution in [0.4, 0.5) is 17.6 Å². The molecule has 0 aromatic heterocycles. The van der Waals surface area contributed by atoms with Crippen molar-refractivity contribution in [3.63, 3.8) is 0 Å². The third kappa shape index (κ3) is 24.6. The topological polar surface area (TPSA) is 441 Å². The smallest absolute Gasteiger partial charge is 0.462 e. The molecule has 2 unspecified atom stereocenters. The van der Waals surface area contributed by atoms with Gasteiger partial charge in [-0.1, -0.05) is 162 Å². The Kier molecular flexibility index (Phi) is 32.3. The molecule has 19 rings (SSSR count). The monoisotopic (exact) mass is 1960 g/mol. The molecule has 37 heteroatoms. The predicted molar refractivity (Wildman–Crippen MR) is 476 cm³/mol. The summed E-state index contributed by atoms with van der Waals surface area (Å²) in [5.74, 6) is -1.33. The fourth-order valence-corrected chi connectivity index (χ4v) is 27.9. The molecule has 16 aliphatic rings. The van der Waals surface area contributed by atoms with Crippen LogP contribution in [0.2, 0.25) is 0 Å². The van der Waals surface area contributed by atoms with Crippen molar-refractivity contribution >= 4 is 92.1 Å². The largest absolute Gasteiger partial charge is 0.465 e. The number of hydrogen-bond donors (Lipinski definition) is 5. The molecule has 0 radical (unpaired) electrons. The van der Waals surface area contributed by atoms with E-state index in [9.17, 15) is 107 Å². The number of amides is 1. The SMILES string of the molecule is CC(C)(C)c1cccc(C(C)(C)C)c1S(=O)(=O)O.CC1(OC(=O)c2cc(C(=O)OC3(C)C4CC5CC(C4)CC3C5)cc(S(=O)(=O)O)c2)C2CC3CC(C2)CC1C3.O=C(N(C1CCCCC1)C1CCCCC1)C(F)(F)S(=O)(=O)O.O=C(OCCC1CCCCC1)c1cc(C(=O)OCCC2CCCCC2)cc(S(=O)(=O)O)c1.O=C1C2CC3CC1CC(COC(=O)C(F)(F)S(=O)(=O)O)(C3)C2. The Morgan fingerprint density at radius 3 is 1.05 bits per heavy atom. The van der Waals surface area contributed by atoms with E-state index < -0.39 is 123 Å². The lowest BCUT2D eigenvalue weighted by Gasteiger charge is -2.59. The number of carbonyl (C=O) groups is 7. The molecule has 16 saturated carbocycles. The first-order chi connectivity index (χ1) is 61.4. The van der Waals surface area contributed by atoms with Gasteiger partial charge in [-0.2, -0.15) is 59.7 Å². The van der Waals surface area contributed by atoms with Crippen molar-refractivity contribution in [2.45, 2.75) is 352 Å². The molecule has 12 bridgehead atoms. The highest BCUT2D eigenvalue weighted by molar-refractivity contribution is 7.88. The summed E-state index contributed by atoms with van der Waals surface area (Å²) >= 11 is 0. The van der Waals surface area contributed by atoms with Gasteiger partial charge in [0.2, 0.25) is 0 Å². The third-order valence-corrected chi connectivity index (χ3v) is 35.5. The Hall–Kier alpha value is -6.58. The van der Waals surface area contributed by atoms with E-state index in [0.29, 0.717) is 121 Å². The minimum atomic E-state index is -5.85. The molecule has 16 fully saturated rings. The van der Waals surface area contributed by atoms with Crippen LogP contribution < -0.4 is 0 Å². The zero-order chi connectivity index (χ0) is 96.7.